The van der Waals surface area contributed by atoms with Gasteiger partial charge in [0.15, 0.2) is 17.5 Å². The van der Waals surface area contributed by atoms with Crippen LogP contribution in [0.5, 0.6) is 0 Å². The molecule has 18 heavy (non-hydrogen) atoms. The molecule has 0 saturated carbocycles. The average molecular weight is 253 g/mol. The highest BCUT2D eigenvalue weighted by molar-refractivity contribution is 5.39. The molecule has 6 heteroatoms. The summed E-state index contributed by atoms with van der Waals surface area (Å²) in [6, 6.07) is 4.01. The minimum Gasteiger partial charge on any atom is -0.353 e. The quantitative estimate of drug-likeness (QED) is 0.787. The number of anilines is 1. The van der Waals surface area contributed by atoms with Crippen LogP contribution in [0.4, 0.5) is 19.0 Å². The maximum atomic E-state index is 13.5. The first-order chi connectivity index (χ1) is 8.58. The minimum atomic E-state index is -1.32. The van der Waals surface area contributed by atoms with E-state index in [1.807, 2.05) is 0 Å². The molecule has 0 N–H and O–H groups in total. The smallest absolute Gasteiger partial charge is 0.251 e. The number of rotatable bonds is 3. The Balaban J connectivity index is 2.24. The molecule has 94 valence electrons. The Kier molecular flexibility index (Phi) is 3.45. The van der Waals surface area contributed by atoms with Crippen molar-refractivity contribution in [3.05, 3.63) is 53.7 Å². The first kappa shape index (κ1) is 12.3. The second-order valence-corrected chi connectivity index (χ2v) is 3.78. The van der Waals surface area contributed by atoms with Gasteiger partial charge in [-0.2, -0.15) is 9.37 Å². The summed E-state index contributed by atoms with van der Waals surface area (Å²) in [5, 5.41) is 0. The van der Waals surface area contributed by atoms with Gasteiger partial charge in [-0.1, -0.05) is 6.07 Å². The molecule has 0 bridgehead atoms. The number of aromatic nitrogens is 2. The minimum absolute atomic E-state index is 0.238. The Morgan fingerprint density at radius 2 is 2.00 bits per heavy atom. The molecular weight excluding hydrogens is 243 g/mol. The summed E-state index contributed by atoms with van der Waals surface area (Å²) in [5.41, 5.74) is 0.811. The Labute approximate surface area is 102 Å². The van der Waals surface area contributed by atoms with E-state index < -0.39 is 17.6 Å². The van der Waals surface area contributed by atoms with E-state index in [4.69, 9.17) is 0 Å². The summed E-state index contributed by atoms with van der Waals surface area (Å²) in [7, 11) is 1.54. The predicted molar refractivity (Wildman–Crippen MR) is 60.5 cm³/mol. The van der Waals surface area contributed by atoms with E-state index in [0.29, 0.717) is 12.6 Å². The van der Waals surface area contributed by atoms with Gasteiger partial charge in [-0.05, 0) is 11.6 Å². The fourth-order valence-electron chi connectivity index (χ4n) is 1.54. The van der Waals surface area contributed by atoms with Crippen molar-refractivity contribution in [2.24, 2.45) is 0 Å². The summed E-state index contributed by atoms with van der Waals surface area (Å²) in [4.78, 5) is 8.55. The third kappa shape index (κ3) is 2.58. The molecule has 2 heterocycles. The molecular formula is C12H10F3N3. The lowest BCUT2D eigenvalue weighted by Crippen LogP contribution is -2.20. The molecule has 2 aromatic rings. The zero-order valence-corrected chi connectivity index (χ0v) is 9.57. The number of nitrogens with zero attached hydrogens (tertiary/aromatic N) is 3. The molecule has 0 aromatic carbocycles. The first-order valence-corrected chi connectivity index (χ1v) is 5.19. The molecule has 0 spiro atoms. The molecule has 2 rings (SSSR count). The normalized spacial score (nSPS) is 10.4. The van der Waals surface area contributed by atoms with Crippen molar-refractivity contribution in [1.29, 1.82) is 0 Å². The Bertz CT molecular complexity index is 546. The van der Waals surface area contributed by atoms with E-state index >= 15 is 0 Å². The summed E-state index contributed by atoms with van der Waals surface area (Å²) in [6.45, 7) is 0.294. The van der Waals surface area contributed by atoms with E-state index in [2.05, 4.69) is 9.97 Å². The van der Waals surface area contributed by atoms with Crippen LogP contribution in [0.3, 0.4) is 0 Å². The summed E-state index contributed by atoms with van der Waals surface area (Å²) < 4.78 is 39.2. The van der Waals surface area contributed by atoms with Crippen LogP contribution < -0.4 is 4.90 Å². The van der Waals surface area contributed by atoms with Crippen molar-refractivity contribution in [2.75, 3.05) is 11.9 Å². The number of halogens is 3. The van der Waals surface area contributed by atoms with Gasteiger partial charge in [0, 0.05) is 32.1 Å². The first-order valence-electron chi connectivity index (χ1n) is 5.19. The van der Waals surface area contributed by atoms with E-state index in [0.717, 1.165) is 5.56 Å². The highest BCUT2D eigenvalue weighted by Gasteiger charge is 2.15. The van der Waals surface area contributed by atoms with E-state index in [-0.39, 0.29) is 5.82 Å². The lowest BCUT2D eigenvalue weighted by atomic mass is 10.2. The van der Waals surface area contributed by atoms with Gasteiger partial charge >= 0.3 is 0 Å². The predicted octanol–water partition coefficient (Wildman–Crippen LogP) is 2.53. The van der Waals surface area contributed by atoms with Crippen LogP contribution in [0.25, 0.3) is 0 Å². The van der Waals surface area contributed by atoms with Gasteiger partial charge < -0.3 is 4.90 Å². The van der Waals surface area contributed by atoms with Gasteiger partial charge in [0.1, 0.15) is 0 Å². The Morgan fingerprint density at radius 3 is 2.67 bits per heavy atom. The molecule has 2 aromatic heterocycles. The molecule has 0 fully saturated rings. The van der Waals surface area contributed by atoms with E-state index in [1.54, 1.807) is 24.5 Å². The third-order valence-electron chi connectivity index (χ3n) is 2.37. The van der Waals surface area contributed by atoms with Gasteiger partial charge in [0.2, 0.25) is 0 Å². The van der Waals surface area contributed by atoms with Crippen LogP contribution in [0.15, 0.2) is 30.6 Å². The van der Waals surface area contributed by atoms with Crippen molar-refractivity contribution >= 4 is 5.82 Å². The van der Waals surface area contributed by atoms with Crippen molar-refractivity contribution in [1.82, 2.24) is 9.97 Å². The van der Waals surface area contributed by atoms with Crippen molar-refractivity contribution in [2.45, 2.75) is 6.54 Å². The maximum absolute atomic E-state index is 13.5. The molecule has 0 amide bonds. The van der Waals surface area contributed by atoms with Gasteiger partial charge in [0.25, 0.3) is 5.95 Å². The van der Waals surface area contributed by atoms with Gasteiger partial charge in [-0.25, -0.2) is 8.78 Å². The average Bonchev–Trinajstić information content (AvgIpc) is 2.35. The van der Waals surface area contributed by atoms with E-state index in [1.165, 1.54) is 11.9 Å². The Morgan fingerprint density at radius 1 is 1.22 bits per heavy atom. The van der Waals surface area contributed by atoms with Crippen LogP contribution in [0, 0.1) is 17.6 Å². The summed E-state index contributed by atoms with van der Waals surface area (Å²) >= 11 is 0. The maximum Gasteiger partial charge on any atom is 0.251 e. The zero-order valence-electron chi connectivity index (χ0n) is 9.57. The summed E-state index contributed by atoms with van der Waals surface area (Å²) in [5.74, 6) is -3.76. The summed E-state index contributed by atoms with van der Waals surface area (Å²) in [6.07, 6.45) is 3.22. The zero-order chi connectivity index (χ0) is 13.1. The Hall–Kier alpha value is -2.11. The topological polar surface area (TPSA) is 29.0 Å². The number of pyridine rings is 2. The lowest BCUT2D eigenvalue weighted by molar-refractivity contribution is 0.463. The van der Waals surface area contributed by atoms with E-state index in [9.17, 15) is 13.2 Å². The number of hydrogen-bond donors (Lipinski definition) is 0. The standard InChI is InChI=1S/C12H10F3N3/c1-18(7-8-3-2-4-16-6-8)12-10(14)5-9(13)11(15)17-12/h2-6H,7H2,1H3. The van der Waals surface area contributed by atoms with Crippen molar-refractivity contribution in [3.8, 4) is 0 Å². The second kappa shape index (κ2) is 5.03. The van der Waals surface area contributed by atoms with Crippen molar-refractivity contribution < 1.29 is 13.2 Å². The third-order valence-corrected chi connectivity index (χ3v) is 2.37. The van der Waals surface area contributed by atoms with Crippen LogP contribution in [0.1, 0.15) is 5.56 Å². The molecule has 0 radical (unpaired) electrons. The molecule has 0 aliphatic carbocycles. The van der Waals surface area contributed by atoms with Gasteiger partial charge in [0.05, 0.1) is 0 Å². The SMILES string of the molecule is CN(Cc1cccnc1)c1nc(F)c(F)cc1F. The second-order valence-electron chi connectivity index (χ2n) is 3.78. The fraction of sp³-hybridized carbons (Fsp3) is 0.167. The van der Waals surface area contributed by atoms with Gasteiger partial charge in [-0.15, -0.1) is 0 Å². The monoisotopic (exact) mass is 253 g/mol. The largest absolute Gasteiger partial charge is 0.353 e. The van der Waals surface area contributed by atoms with Crippen LogP contribution in [0.2, 0.25) is 0 Å². The molecule has 0 saturated heterocycles. The van der Waals surface area contributed by atoms with Crippen LogP contribution >= 0.6 is 0 Å². The number of hydrogen-bond acceptors (Lipinski definition) is 3. The fourth-order valence-corrected chi connectivity index (χ4v) is 1.54. The lowest BCUT2D eigenvalue weighted by Gasteiger charge is -2.18. The molecule has 3 nitrogen and oxygen atoms in total. The van der Waals surface area contributed by atoms with Crippen LogP contribution in [-0.4, -0.2) is 17.0 Å². The highest BCUT2D eigenvalue weighted by Crippen LogP contribution is 2.19. The van der Waals surface area contributed by atoms with Gasteiger partial charge in [-0.3, -0.25) is 4.98 Å². The van der Waals surface area contributed by atoms with Crippen LogP contribution in [-0.2, 0) is 6.54 Å². The molecule has 0 aliphatic rings. The molecule has 0 atom stereocenters. The van der Waals surface area contributed by atoms with Crippen molar-refractivity contribution in [3.63, 3.8) is 0 Å². The molecule has 0 unspecified atom stereocenters. The highest BCUT2D eigenvalue weighted by atomic mass is 19.2. The molecule has 0 aliphatic heterocycles.